The van der Waals surface area contributed by atoms with E-state index in [4.69, 9.17) is 4.74 Å². The van der Waals surface area contributed by atoms with E-state index >= 15 is 0 Å². The number of carboxylic acid groups (broad SMARTS) is 1. The van der Waals surface area contributed by atoms with E-state index in [1.165, 1.54) is 0 Å². The third-order valence-corrected chi connectivity index (χ3v) is 4.85. The Hall–Kier alpha value is -1.88. The SMILES string of the molecule is O=C(O)[C@H]1CCCN(C(=O)C2CCCOC2c2ccccc2)C1. The van der Waals surface area contributed by atoms with E-state index < -0.39 is 11.9 Å². The van der Waals surface area contributed by atoms with Gasteiger partial charge in [0.25, 0.3) is 0 Å². The van der Waals surface area contributed by atoms with Crippen LogP contribution in [-0.2, 0) is 14.3 Å². The second-order valence-corrected chi connectivity index (χ2v) is 6.41. The molecule has 0 radical (unpaired) electrons. The van der Waals surface area contributed by atoms with Crippen molar-refractivity contribution in [2.24, 2.45) is 11.8 Å². The van der Waals surface area contributed by atoms with Crippen molar-refractivity contribution in [1.82, 2.24) is 4.90 Å². The lowest BCUT2D eigenvalue weighted by atomic mass is 9.87. The Bertz CT molecular complexity index is 559. The number of benzene rings is 1. The number of rotatable bonds is 3. The van der Waals surface area contributed by atoms with E-state index in [0.29, 0.717) is 26.1 Å². The van der Waals surface area contributed by atoms with Crippen LogP contribution in [0.25, 0.3) is 0 Å². The minimum absolute atomic E-state index is 0.0458. The fraction of sp³-hybridized carbons (Fsp3) is 0.556. The molecule has 0 aliphatic carbocycles. The maximum absolute atomic E-state index is 13.0. The summed E-state index contributed by atoms with van der Waals surface area (Å²) in [6.45, 7) is 1.65. The van der Waals surface area contributed by atoms with Gasteiger partial charge in [0.2, 0.25) is 5.91 Å². The first-order valence-corrected chi connectivity index (χ1v) is 8.35. The highest BCUT2D eigenvalue weighted by atomic mass is 16.5. The van der Waals surface area contributed by atoms with Gasteiger partial charge in [-0.2, -0.15) is 0 Å². The number of hydrogen-bond donors (Lipinski definition) is 1. The number of carbonyl (C=O) groups is 2. The Labute approximate surface area is 136 Å². The molecule has 2 heterocycles. The van der Waals surface area contributed by atoms with Gasteiger partial charge in [-0.05, 0) is 31.2 Å². The number of carbonyl (C=O) groups excluding carboxylic acids is 1. The first-order valence-electron chi connectivity index (χ1n) is 8.35. The largest absolute Gasteiger partial charge is 0.481 e. The molecule has 2 saturated heterocycles. The van der Waals surface area contributed by atoms with Crippen molar-refractivity contribution in [3.05, 3.63) is 35.9 Å². The summed E-state index contributed by atoms with van der Waals surface area (Å²) in [5, 5.41) is 9.22. The van der Waals surface area contributed by atoms with Gasteiger partial charge in [-0.1, -0.05) is 30.3 Å². The van der Waals surface area contributed by atoms with E-state index in [2.05, 4.69) is 0 Å². The van der Waals surface area contributed by atoms with Crippen LogP contribution >= 0.6 is 0 Å². The molecule has 5 heteroatoms. The maximum Gasteiger partial charge on any atom is 0.308 e. The lowest BCUT2D eigenvalue weighted by molar-refractivity contribution is -0.151. The number of carboxylic acids is 1. The van der Waals surface area contributed by atoms with Crippen molar-refractivity contribution in [3.63, 3.8) is 0 Å². The lowest BCUT2D eigenvalue weighted by Crippen LogP contribution is -2.47. The highest BCUT2D eigenvalue weighted by Gasteiger charge is 2.38. The van der Waals surface area contributed by atoms with Crippen molar-refractivity contribution >= 4 is 11.9 Å². The molecule has 3 rings (SSSR count). The molecule has 3 atom stereocenters. The number of ether oxygens (including phenoxy) is 1. The van der Waals surface area contributed by atoms with Gasteiger partial charge >= 0.3 is 5.97 Å². The summed E-state index contributed by atoms with van der Waals surface area (Å²) in [5.74, 6) is -1.41. The normalized spacial score (nSPS) is 28.3. The Balaban J connectivity index is 1.75. The van der Waals surface area contributed by atoms with Crippen LogP contribution in [-0.4, -0.2) is 41.6 Å². The Morgan fingerprint density at radius 3 is 2.65 bits per heavy atom. The smallest absolute Gasteiger partial charge is 0.308 e. The zero-order valence-electron chi connectivity index (χ0n) is 13.2. The van der Waals surface area contributed by atoms with Crippen LogP contribution in [0, 0.1) is 11.8 Å². The first kappa shape index (κ1) is 16.0. The van der Waals surface area contributed by atoms with E-state index in [1.807, 2.05) is 30.3 Å². The third-order valence-electron chi connectivity index (χ3n) is 4.85. The molecule has 5 nitrogen and oxygen atoms in total. The Morgan fingerprint density at radius 1 is 1.13 bits per heavy atom. The van der Waals surface area contributed by atoms with Gasteiger partial charge in [-0.15, -0.1) is 0 Å². The van der Waals surface area contributed by atoms with Gasteiger partial charge < -0.3 is 14.7 Å². The molecule has 0 spiro atoms. The summed E-state index contributed by atoms with van der Waals surface area (Å²) in [4.78, 5) is 25.9. The first-order chi connectivity index (χ1) is 11.2. The van der Waals surface area contributed by atoms with Gasteiger partial charge in [0.05, 0.1) is 17.9 Å². The predicted octanol–water partition coefficient (Wildman–Crippen LogP) is 2.48. The predicted molar refractivity (Wildman–Crippen MR) is 84.8 cm³/mol. The van der Waals surface area contributed by atoms with Crippen LogP contribution in [0.3, 0.4) is 0 Å². The minimum Gasteiger partial charge on any atom is -0.481 e. The van der Waals surface area contributed by atoms with Crippen LogP contribution in [0.2, 0.25) is 0 Å². The van der Waals surface area contributed by atoms with Gasteiger partial charge in [0.15, 0.2) is 0 Å². The lowest BCUT2D eigenvalue weighted by Gasteiger charge is -2.37. The summed E-state index contributed by atoms with van der Waals surface area (Å²) >= 11 is 0. The summed E-state index contributed by atoms with van der Waals surface area (Å²) in [7, 11) is 0. The molecular weight excluding hydrogens is 294 g/mol. The van der Waals surface area contributed by atoms with Crippen molar-refractivity contribution in [2.45, 2.75) is 31.8 Å². The zero-order chi connectivity index (χ0) is 16.2. The molecule has 2 aliphatic rings. The number of piperidine rings is 1. The quantitative estimate of drug-likeness (QED) is 0.930. The molecule has 0 bridgehead atoms. The highest BCUT2D eigenvalue weighted by molar-refractivity contribution is 5.81. The van der Waals surface area contributed by atoms with Crippen LogP contribution in [0.4, 0.5) is 0 Å². The standard InChI is InChI=1S/C18H23NO4/c20-17(19-10-4-8-14(12-19)18(21)22)15-9-5-11-23-16(15)13-6-2-1-3-7-13/h1-3,6-7,14-16H,4-5,8-12H2,(H,21,22)/t14-,15?,16?/m0/s1. The third kappa shape index (κ3) is 3.55. The van der Waals surface area contributed by atoms with Gasteiger partial charge in [0.1, 0.15) is 0 Å². The topological polar surface area (TPSA) is 66.8 Å². The molecule has 124 valence electrons. The van der Waals surface area contributed by atoms with Crippen LogP contribution in [0.1, 0.15) is 37.4 Å². The molecular formula is C18H23NO4. The number of amides is 1. The Morgan fingerprint density at radius 2 is 1.91 bits per heavy atom. The molecule has 1 amide bonds. The fourth-order valence-electron chi connectivity index (χ4n) is 3.62. The number of nitrogens with zero attached hydrogens (tertiary/aromatic N) is 1. The maximum atomic E-state index is 13.0. The number of aliphatic carboxylic acids is 1. The fourth-order valence-corrected chi connectivity index (χ4v) is 3.62. The van der Waals surface area contributed by atoms with Crippen LogP contribution in [0.15, 0.2) is 30.3 Å². The second-order valence-electron chi connectivity index (χ2n) is 6.41. The van der Waals surface area contributed by atoms with Crippen LogP contribution < -0.4 is 0 Å². The molecule has 2 aliphatic heterocycles. The van der Waals surface area contributed by atoms with Crippen molar-refractivity contribution in [2.75, 3.05) is 19.7 Å². The van der Waals surface area contributed by atoms with E-state index in [1.54, 1.807) is 4.90 Å². The Kier molecular flexibility index (Phi) is 4.96. The molecule has 1 aromatic rings. The monoisotopic (exact) mass is 317 g/mol. The highest BCUT2D eigenvalue weighted by Crippen LogP contribution is 2.35. The summed E-state index contributed by atoms with van der Waals surface area (Å²) < 4.78 is 5.90. The number of hydrogen-bond acceptors (Lipinski definition) is 3. The van der Waals surface area contributed by atoms with Crippen molar-refractivity contribution in [3.8, 4) is 0 Å². The summed E-state index contributed by atoms with van der Waals surface area (Å²) in [5.41, 5.74) is 1.03. The molecule has 1 N–H and O–H groups in total. The van der Waals surface area contributed by atoms with Gasteiger partial charge in [0, 0.05) is 19.7 Å². The molecule has 23 heavy (non-hydrogen) atoms. The molecule has 2 unspecified atom stereocenters. The zero-order valence-corrected chi connectivity index (χ0v) is 13.2. The summed E-state index contributed by atoms with van der Waals surface area (Å²) in [6, 6.07) is 9.84. The molecule has 2 fully saturated rings. The second kappa shape index (κ2) is 7.13. The van der Waals surface area contributed by atoms with E-state index in [9.17, 15) is 14.7 Å². The average molecular weight is 317 g/mol. The van der Waals surface area contributed by atoms with Crippen molar-refractivity contribution < 1.29 is 19.4 Å². The van der Waals surface area contributed by atoms with Crippen molar-refractivity contribution in [1.29, 1.82) is 0 Å². The average Bonchev–Trinajstić information content (AvgIpc) is 2.62. The van der Waals surface area contributed by atoms with E-state index in [-0.39, 0.29) is 17.9 Å². The molecule has 0 saturated carbocycles. The van der Waals surface area contributed by atoms with Crippen LogP contribution in [0.5, 0.6) is 0 Å². The molecule has 0 aromatic heterocycles. The molecule has 1 aromatic carbocycles. The van der Waals surface area contributed by atoms with Gasteiger partial charge in [-0.25, -0.2) is 0 Å². The minimum atomic E-state index is -0.804. The number of likely N-dealkylation sites (tertiary alicyclic amines) is 1. The van der Waals surface area contributed by atoms with Gasteiger partial charge in [-0.3, -0.25) is 9.59 Å². The summed E-state index contributed by atoms with van der Waals surface area (Å²) in [6.07, 6.45) is 2.86. The van der Waals surface area contributed by atoms with E-state index in [0.717, 1.165) is 24.8 Å².